The molecule has 3 rings (SSSR count). The van der Waals surface area contributed by atoms with Crippen LogP contribution in [-0.4, -0.2) is 43.4 Å². The van der Waals surface area contributed by atoms with Gasteiger partial charge in [-0.3, -0.25) is 4.98 Å². The van der Waals surface area contributed by atoms with Crippen LogP contribution in [0.15, 0.2) is 43.0 Å². The second-order valence-corrected chi connectivity index (χ2v) is 4.77. The molecule has 0 aliphatic rings. The number of nitrogens with zero attached hydrogens (tertiary/aromatic N) is 6. The van der Waals surface area contributed by atoms with E-state index in [0.29, 0.717) is 25.6 Å². The molecule has 3 aromatic heterocycles. The summed E-state index contributed by atoms with van der Waals surface area (Å²) in [4.78, 5) is 13.0. The van der Waals surface area contributed by atoms with Gasteiger partial charge in [0.05, 0.1) is 24.5 Å². The molecule has 0 aromatic carbocycles. The lowest BCUT2D eigenvalue weighted by molar-refractivity contribution is 0.186. The van der Waals surface area contributed by atoms with Crippen LogP contribution in [0.25, 0.3) is 11.4 Å². The molecule has 0 aliphatic heterocycles. The summed E-state index contributed by atoms with van der Waals surface area (Å²) >= 11 is 0. The van der Waals surface area contributed by atoms with Crippen LogP contribution in [0.2, 0.25) is 0 Å². The van der Waals surface area contributed by atoms with Gasteiger partial charge in [0.1, 0.15) is 6.33 Å². The van der Waals surface area contributed by atoms with Crippen LogP contribution >= 0.6 is 0 Å². The molecule has 0 aliphatic carbocycles. The van der Waals surface area contributed by atoms with E-state index in [-0.39, 0.29) is 0 Å². The first-order valence-electron chi connectivity index (χ1n) is 7.21. The molecule has 0 unspecified atom stereocenters. The van der Waals surface area contributed by atoms with Gasteiger partial charge in [-0.2, -0.15) is 0 Å². The number of ether oxygens (including phenoxy) is 1. The van der Waals surface area contributed by atoms with Crippen LogP contribution in [0.4, 0.5) is 5.95 Å². The summed E-state index contributed by atoms with van der Waals surface area (Å²) in [6.07, 6.45) is 5.12. The fourth-order valence-electron chi connectivity index (χ4n) is 2.05. The van der Waals surface area contributed by atoms with E-state index < -0.39 is 0 Å². The average molecular weight is 311 g/mol. The molecule has 0 bridgehead atoms. The molecule has 3 aromatic rings. The van der Waals surface area contributed by atoms with Crippen molar-refractivity contribution < 1.29 is 4.74 Å². The molecule has 118 valence electrons. The summed E-state index contributed by atoms with van der Waals surface area (Å²) in [5.74, 6) is 1.32. The fourth-order valence-corrected chi connectivity index (χ4v) is 2.05. The van der Waals surface area contributed by atoms with Gasteiger partial charge in [-0.25, -0.2) is 9.97 Å². The maximum atomic E-state index is 5.07. The van der Waals surface area contributed by atoms with Crippen molar-refractivity contribution >= 4 is 5.95 Å². The topological polar surface area (TPSA) is 90.6 Å². The number of pyridine rings is 1. The molecule has 0 saturated carbocycles. The van der Waals surface area contributed by atoms with Gasteiger partial charge in [0, 0.05) is 26.0 Å². The van der Waals surface area contributed by atoms with Crippen molar-refractivity contribution in [3.05, 3.63) is 48.8 Å². The van der Waals surface area contributed by atoms with E-state index in [1.54, 1.807) is 25.8 Å². The summed E-state index contributed by atoms with van der Waals surface area (Å²) < 4.78 is 7.00. The summed E-state index contributed by atoms with van der Waals surface area (Å²) in [7, 11) is 1.67. The number of aromatic nitrogens is 6. The SMILES string of the molecule is COCCn1cnnc1CNc1nccc(-c2ccccn2)n1. The lowest BCUT2D eigenvalue weighted by Gasteiger charge is -2.08. The van der Waals surface area contributed by atoms with Crippen LogP contribution in [0.5, 0.6) is 0 Å². The molecule has 23 heavy (non-hydrogen) atoms. The van der Waals surface area contributed by atoms with Gasteiger partial charge >= 0.3 is 0 Å². The maximum absolute atomic E-state index is 5.07. The first-order chi connectivity index (χ1) is 11.4. The predicted octanol–water partition coefficient (Wildman–Crippen LogP) is 1.39. The molecule has 0 spiro atoms. The summed E-state index contributed by atoms with van der Waals surface area (Å²) in [6.45, 7) is 1.79. The molecular weight excluding hydrogens is 294 g/mol. The summed E-state index contributed by atoms with van der Waals surface area (Å²) in [6, 6.07) is 7.54. The Bertz CT molecular complexity index is 744. The van der Waals surface area contributed by atoms with Gasteiger partial charge in [-0.15, -0.1) is 10.2 Å². The van der Waals surface area contributed by atoms with E-state index in [1.807, 2.05) is 28.8 Å². The Hall–Kier alpha value is -2.87. The minimum absolute atomic E-state index is 0.482. The lowest BCUT2D eigenvalue weighted by atomic mass is 10.3. The highest BCUT2D eigenvalue weighted by molar-refractivity contribution is 5.54. The Kier molecular flexibility index (Phi) is 4.85. The van der Waals surface area contributed by atoms with Gasteiger partial charge in [0.15, 0.2) is 5.82 Å². The molecule has 1 N–H and O–H groups in total. The molecule has 3 heterocycles. The average Bonchev–Trinajstić information content (AvgIpc) is 3.06. The van der Waals surface area contributed by atoms with Gasteiger partial charge in [-0.05, 0) is 18.2 Å². The maximum Gasteiger partial charge on any atom is 0.223 e. The van der Waals surface area contributed by atoms with E-state index in [2.05, 4.69) is 30.5 Å². The lowest BCUT2D eigenvalue weighted by Crippen LogP contribution is -2.12. The van der Waals surface area contributed by atoms with E-state index in [9.17, 15) is 0 Å². The normalized spacial score (nSPS) is 10.7. The fraction of sp³-hybridized carbons (Fsp3) is 0.267. The van der Waals surface area contributed by atoms with E-state index in [0.717, 1.165) is 17.2 Å². The zero-order valence-electron chi connectivity index (χ0n) is 12.8. The Morgan fingerprint density at radius 1 is 1.13 bits per heavy atom. The highest BCUT2D eigenvalue weighted by atomic mass is 16.5. The van der Waals surface area contributed by atoms with Gasteiger partial charge in [0.2, 0.25) is 5.95 Å². The zero-order valence-corrected chi connectivity index (χ0v) is 12.8. The molecule has 8 nitrogen and oxygen atoms in total. The Labute approximate surface area is 133 Å². The first kappa shape index (κ1) is 15.0. The number of rotatable bonds is 7. The Morgan fingerprint density at radius 3 is 2.91 bits per heavy atom. The second-order valence-electron chi connectivity index (χ2n) is 4.77. The van der Waals surface area contributed by atoms with Crippen molar-refractivity contribution in [2.24, 2.45) is 0 Å². The third-order valence-electron chi connectivity index (χ3n) is 3.22. The largest absolute Gasteiger partial charge is 0.383 e. The minimum Gasteiger partial charge on any atom is -0.383 e. The minimum atomic E-state index is 0.482. The third kappa shape index (κ3) is 3.86. The van der Waals surface area contributed by atoms with Gasteiger partial charge in [-0.1, -0.05) is 6.07 Å². The third-order valence-corrected chi connectivity index (χ3v) is 3.22. The Morgan fingerprint density at radius 2 is 2.09 bits per heavy atom. The van der Waals surface area contributed by atoms with Gasteiger partial charge in [0.25, 0.3) is 0 Å². The standard InChI is InChI=1S/C15H17N7O/c1-23-9-8-22-11-19-21-14(22)10-18-15-17-7-5-13(20-15)12-4-2-3-6-16-12/h2-7,11H,8-10H2,1H3,(H,17,18,20). The number of anilines is 1. The quantitative estimate of drug-likeness (QED) is 0.705. The highest BCUT2D eigenvalue weighted by Crippen LogP contribution is 2.14. The predicted molar refractivity (Wildman–Crippen MR) is 84.5 cm³/mol. The van der Waals surface area contributed by atoms with Crippen molar-refractivity contribution in [3.63, 3.8) is 0 Å². The summed E-state index contributed by atoms with van der Waals surface area (Å²) in [5, 5.41) is 11.2. The van der Waals surface area contributed by atoms with Crippen LogP contribution in [0, 0.1) is 0 Å². The number of hydrogen-bond donors (Lipinski definition) is 1. The van der Waals surface area contributed by atoms with Crippen LogP contribution < -0.4 is 5.32 Å². The van der Waals surface area contributed by atoms with Crippen molar-refractivity contribution in [2.75, 3.05) is 19.0 Å². The van der Waals surface area contributed by atoms with E-state index in [1.165, 1.54) is 0 Å². The molecule has 0 radical (unpaired) electrons. The smallest absolute Gasteiger partial charge is 0.223 e. The monoisotopic (exact) mass is 311 g/mol. The Balaban J connectivity index is 1.68. The molecule has 0 saturated heterocycles. The van der Waals surface area contributed by atoms with Gasteiger partial charge < -0.3 is 14.6 Å². The van der Waals surface area contributed by atoms with Crippen LogP contribution in [0.1, 0.15) is 5.82 Å². The van der Waals surface area contributed by atoms with Crippen LogP contribution in [-0.2, 0) is 17.8 Å². The molecule has 0 atom stereocenters. The zero-order chi connectivity index (χ0) is 15.9. The van der Waals surface area contributed by atoms with Crippen LogP contribution in [0.3, 0.4) is 0 Å². The van der Waals surface area contributed by atoms with E-state index >= 15 is 0 Å². The van der Waals surface area contributed by atoms with Crippen molar-refractivity contribution in [2.45, 2.75) is 13.1 Å². The molecule has 0 amide bonds. The summed E-state index contributed by atoms with van der Waals surface area (Å²) in [5.41, 5.74) is 1.57. The molecule has 8 heteroatoms. The molecule has 0 fully saturated rings. The van der Waals surface area contributed by atoms with E-state index in [4.69, 9.17) is 4.74 Å². The molecular formula is C15H17N7O. The van der Waals surface area contributed by atoms with Crippen molar-refractivity contribution in [1.82, 2.24) is 29.7 Å². The number of nitrogens with one attached hydrogen (secondary N) is 1. The highest BCUT2D eigenvalue weighted by Gasteiger charge is 2.06. The van der Waals surface area contributed by atoms with Crippen molar-refractivity contribution in [3.8, 4) is 11.4 Å². The number of methoxy groups -OCH3 is 1. The first-order valence-corrected chi connectivity index (χ1v) is 7.21. The number of hydrogen-bond acceptors (Lipinski definition) is 7. The second kappa shape index (κ2) is 7.41. The van der Waals surface area contributed by atoms with Crippen molar-refractivity contribution in [1.29, 1.82) is 0 Å².